The predicted octanol–water partition coefficient (Wildman–Crippen LogP) is -0.900. The normalized spacial score (nSPS) is 24.6. The lowest BCUT2D eigenvalue weighted by Gasteiger charge is -2.22. The molecule has 10 heavy (non-hydrogen) atoms. The van der Waals surface area contributed by atoms with Gasteiger partial charge < -0.3 is 15.4 Å². The third-order valence-corrected chi connectivity index (χ3v) is 1.18. The molecule has 0 saturated carbocycles. The molecule has 2 N–H and O–H groups in total. The highest BCUT2D eigenvalue weighted by Gasteiger charge is 2.09. The van der Waals surface area contributed by atoms with E-state index < -0.39 is 0 Å². The maximum atomic E-state index is 9.85. The Morgan fingerprint density at radius 3 is 3.00 bits per heavy atom. The first-order chi connectivity index (χ1) is 4.43. The molecule has 0 aliphatic carbocycles. The maximum Gasteiger partial charge on any atom is 0.209 e. The summed E-state index contributed by atoms with van der Waals surface area (Å²) in [6.07, 6.45) is 0.522. The molecule has 0 bridgehead atoms. The van der Waals surface area contributed by atoms with Crippen molar-refractivity contribution in [2.45, 2.75) is 6.23 Å². The highest BCUT2D eigenvalue weighted by atomic mass is 35.5. The number of rotatable bonds is 2. The summed E-state index contributed by atoms with van der Waals surface area (Å²) in [6.45, 7) is 2.25. The Bertz CT molecular complexity index is 95.6. The van der Waals surface area contributed by atoms with E-state index in [9.17, 15) is 4.79 Å². The number of halogens is 1. The van der Waals surface area contributed by atoms with Crippen molar-refractivity contribution in [2.24, 2.45) is 0 Å². The summed E-state index contributed by atoms with van der Waals surface area (Å²) in [5.74, 6) is 0. The number of morpholine rings is 1. The zero-order chi connectivity index (χ0) is 6.53. The van der Waals surface area contributed by atoms with Gasteiger partial charge in [-0.25, -0.2) is 0 Å². The minimum absolute atomic E-state index is 0. The Morgan fingerprint density at radius 2 is 2.50 bits per heavy atom. The van der Waals surface area contributed by atoms with Gasteiger partial charge in [0, 0.05) is 13.1 Å². The first-order valence-corrected chi connectivity index (χ1v) is 2.95. The molecule has 5 heteroatoms. The summed E-state index contributed by atoms with van der Waals surface area (Å²) in [7, 11) is 0. The average molecular weight is 167 g/mol. The average Bonchev–Trinajstić information content (AvgIpc) is 1.91. The van der Waals surface area contributed by atoms with Crippen LogP contribution in [0.25, 0.3) is 0 Å². The molecule has 1 rings (SSSR count). The van der Waals surface area contributed by atoms with Gasteiger partial charge >= 0.3 is 0 Å². The molecule has 1 heterocycles. The van der Waals surface area contributed by atoms with Crippen LogP contribution in [0.15, 0.2) is 0 Å². The number of hydrogen-bond donors (Lipinski definition) is 2. The minimum atomic E-state index is -0.128. The van der Waals surface area contributed by atoms with Crippen LogP contribution in [0.5, 0.6) is 0 Å². The van der Waals surface area contributed by atoms with E-state index in [0.29, 0.717) is 19.6 Å². The largest absolute Gasteiger partial charge is 0.356 e. The second-order valence-corrected chi connectivity index (χ2v) is 1.85. The van der Waals surface area contributed by atoms with Crippen molar-refractivity contribution in [1.82, 2.24) is 10.6 Å². The molecule has 4 nitrogen and oxygen atoms in total. The molecule has 0 aromatic rings. The molecular weight excluding hydrogens is 156 g/mol. The van der Waals surface area contributed by atoms with Crippen molar-refractivity contribution in [3.8, 4) is 0 Å². The molecular formula is C5H11ClN2O2. The third kappa shape index (κ3) is 3.00. The standard InChI is InChI=1S/C5H10N2O2.ClH/c8-4-7-5-3-6-1-2-9-5;/h4-6H,1-3H2,(H,7,8);1H. The van der Waals surface area contributed by atoms with Gasteiger partial charge in [-0.3, -0.25) is 4.79 Å². The summed E-state index contributed by atoms with van der Waals surface area (Å²) in [4.78, 5) is 9.85. The van der Waals surface area contributed by atoms with Crippen LogP contribution in [0.2, 0.25) is 0 Å². The van der Waals surface area contributed by atoms with Gasteiger partial charge in [0.2, 0.25) is 6.41 Å². The van der Waals surface area contributed by atoms with Crippen LogP contribution >= 0.6 is 12.4 Å². The molecule has 1 saturated heterocycles. The van der Waals surface area contributed by atoms with Crippen molar-refractivity contribution >= 4 is 18.8 Å². The molecule has 1 amide bonds. The van der Waals surface area contributed by atoms with Gasteiger partial charge in [0.05, 0.1) is 6.61 Å². The van der Waals surface area contributed by atoms with Crippen LogP contribution in [0.1, 0.15) is 0 Å². The zero-order valence-corrected chi connectivity index (χ0v) is 6.32. The monoisotopic (exact) mass is 166 g/mol. The molecule has 1 atom stereocenters. The zero-order valence-electron chi connectivity index (χ0n) is 5.50. The Labute approximate surface area is 65.7 Å². The Kier molecular flexibility index (Phi) is 5.29. The SMILES string of the molecule is Cl.O=CNC1CNCCO1. The van der Waals surface area contributed by atoms with Gasteiger partial charge in [0.15, 0.2) is 0 Å². The smallest absolute Gasteiger partial charge is 0.209 e. The van der Waals surface area contributed by atoms with Crippen molar-refractivity contribution in [3.05, 3.63) is 0 Å². The van der Waals surface area contributed by atoms with Crippen molar-refractivity contribution in [3.63, 3.8) is 0 Å². The lowest BCUT2D eigenvalue weighted by Crippen LogP contribution is -2.46. The van der Waals surface area contributed by atoms with Gasteiger partial charge in [-0.1, -0.05) is 0 Å². The van der Waals surface area contributed by atoms with Crippen molar-refractivity contribution in [1.29, 1.82) is 0 Å². The van der Waals surface area contributed by atoms with Gasteiger partial charge in [-0.05, 0) is 0 Å². The molecule has 1 unspecified atom stereocenters. The third-order valence-electron chi connectivity index (χ3n) is 1.18. The number of carbonyl (C=O) groups is 1. The van der Waals surface area contributed by atoms with E-state index in [4.69, 9.17) is 4.74 Å². The highest BCUT2D eigenvalue weighted by Crippen LogP contribution is 1.88. The van der Waals surface area contributed by atoms with Gasteiger partial charge in [-0.2, -0.15) is 0 Å². The number of carbonyl (C=O) groups excluding carboxylic acids is 1. The van der Waals surface area contributed by atoms with Crippen molar-refractivity contribution < 1.29 is 9.53 Å². The Morgan fingerprint density at radius 1 is 1.70 bits per heavy atom. The molecule has 60 valence electrons. The van der Waals surface area contributed by atoms with Crippen LogP contribution in [0.4, 0.5) is 0 Å². The summed E-state index contributed by atoms with van der Waals surface area (Å²) in [5, 5.41) is 5.59. The second kappa shape index (κ2) is 5.46. The van der Waals surface area contributed by atoms with Gasteiger partial charge in [0.25, 0.3) is 0 Å². The van der Waals surface area contributed by atoms with E-state index in [1.807, 2.05) is 0 Å². The molecule has 1 aliphatic heterocycles. The van der Waals surface area contributed by atoms with E-state index in [1.165, 1.54) is 0 Å². The number of ether oxygens (including phenoxy) is 1. The van der Waals surface area contributed by atoms with Crippen LogP contribution in [0.3, 0.4) is 0 Å². The summed E-state index contributed by atoms with van der Waals surface area (Å²) >= 11 is 0. The quantitative estimate of drug-likeness (QED) is 0.523. The van der Waals surface area contributed by atoms with Crippen LogP contribution in [-0.2, 0) is 9.53 Å². The van der Waals surface area contributed by atoms with E-state index in [1.54, 1.807) is 0 Å². The summed E-state index contributed by atoms with van der Waals surface area (Å²) in [5.41, 5.74) is 0. The lowest BCUT2D eigenvalue weighted by atomic mass is 10.4. The van der Waals surface area contributed by atoms with Crippen LogP contribution < -0.4 is 10.6 Å². The lowest BCUT2D eigenvalue weighted by molar-refractivity contribution is -0.114. The van der Waals surface area contributed by atoms with Gasteiger partial charge in [-0.15, -0.1) is 12.4 Å². The predicted molar refractivity (Wildman–Crippen MR) is 39.1 cm³/mol. The fraction of sp³-hybridized carbons (Fsp3) is 0.800. The maximum absolute atomic E-state index is 9.85. The van der Waals surface area contributed by atoms with Crippen molar-refractivity contribution in [2.75, 3.05) is 19.7 Å². The molecule has 0 aromatic carbocycles. The Balaban J connectivity index is 0.000000810. The molecule has 1 fully saturated rings. The first kappa shape index (κ1) is 9.68. The molecule has 0 radical (unpaired) electrons. The topological polar surface area (TPSA) is 50.4 Å². The van der Waals surface area contributed by atoms with Crippen LogP contribution in [-0.4, -0.2) is 32.3 Å². The number of nitrogens with one attached hydrogen (secondary N) is 2. The molecule has 0 aromatic heterocycles. The number of amides is 1. The van der Waals surface area contributed by atoms with Gasteiger partial charge in [0.1, 0.15) is 6.23 Å². The molecule has 0 spiro atoms. The first-order valence-electron chi connectivity index (χ1n) is 2.95. The summed E-state index contributed by atoms with van der Waals surface area (Å²) < 4.78 is 5.11. The Hall–Kier alpha value is -0.320. The minimum Gasteiger partial charge on any atom is -0.356 e. The highest BCUT2D eigenvalue weighted by molar-refractivity contribution is 5.85. The van der Waals surface area contributed by atoms with Crippen LogP contribution in [0, 0.1) is 0 Å². The van der Waals surface area contributed by atoms with E-state index in [-0.39, 0.29) is 18.6 Å². The molecule has 1 aliphatic rings. The summed E-state index contributed by atoms with van der Waals surface area (Å²) in [6, 6.07) is 0. The van der Waals surface area contributed by atoms with E-state index in [2.05, 4.69) is 10.6 Å². The fourth-order valence-electron chi connectivity index (χ4n) is 0.748. The second-order valence-electron chi connectivity index (χ2n) is 1.85. The fourth-order valence-corrected chi connectivity index (χ4v) is 0.748. The van der Waals surface area contributed by atoms with E-state index in [0.717, 1.165) is 6.54 Å². The number of hydrogen-bond acceptors (Lipinski definition) is 3. The van der Waals surface area contributed by atoms with E-state index >= 15 is 0 Å².